The number of carbonyl (C=O) groups is 1. The van der Waals surface area contributed by atoms with E-state index in [2.05, 4.69) is 22.0 Å². The van der Waals surface area contributed by atoms with E-state index in [1.807, 2.05) is 26.0 Å². The van der Waals surface area contributed by atoms with Crippen LogP contribution in [0, 0.1) is 19.8 Å². The van der Waals surface area contributed by atoms with Crippen molar-refractivity contribution in [2.75, 3.05) is 25.5 Å². The van der Waals surface area contributed by atoms with Crippen molar-refractivity contribution < 1.29 is 13.2 Å². The summed E-state index contributed by atoms with van der Waals surface area (Å²) in [5, 5.41) is 3.01. The van der Waals surface area contributed by atoms with Gasteiger partial charge in [0.2, 0.25) is 10.0 Å². The van der Waals surface area contributed by atoms with Crippen molar-refractivity contribution in [3.63, 3.8) is 0 Å². The molecule has 0 aromatic heterocycles. The van der Waals surface area contributed by atoms with Crippen LogP contribution in [0.4, 0.5) is 5.69 Å². The number of halogens is 1. The molecule has 168 valence electrons. The second-order valence-electron chi connectivity index (χ2n) is 8.37. The molecule has 0 saturated carbocycles. The van der Waals surface area contributed by atoms with Crippen molar-refractivity contribution in [3.8, 4) is 0 Å². The van der Waals surface area contributed by atoms with E-state index in [1.54, 1.807) is 25.1 Å². The summed E-state index contributed by atoms with van der Waals surface area (Å²) in [5.74, 6) is 0.0125. The van der Waals surface area contributed by atoms with E-state index >= 15 is 0 Å². The number of nitrogens with zero attached hydrogens (tertiary/aromatic N) is 1. The predicted molar refractivity (Wildman–Crippen MR) is 125 cm³/mol. The van der Waals surface area contributed by atoms with E-state index in [0.717, 1.165) is 31.5 Å². The van der Waals surface area contributed by atoms with Crippen LogP contribution >= 0.6 is 11.6 Å². The number of hydrogen-bond acceptors (Lipinski definition) is 4. The first kappa shape index (κ1) is 23.7. The molecular formula is C23H30ClN3O3S. The minimum absolute atomic E-state index is 0.131. The molecule has 1 aliphatic heterocycles. The highest BCUT2D eigenvalue weighted by Crippen LogP contribution is 2.32. The number of hydrogen-bond donors (Lipinski definition) is 2. The third-order valence-electron chi connectivity index (χ3n) is 6.08. The number of piperidine rings is 1. The third-order valence-corrected chi connectivity index (χ3v) is 8.27. The largest absolute Gasteiger partial charge is 0.321 e. The highest BCUT2D eigenvalue weighted by atomic mass is 35.5. The summed E-state index contributed by atoms with van der Waals surface area (Å²) >= 11 is 6.46. The van der Waals surface area contributed by atoms with Gasteiger partial charge in [0.1, 0.15) is 0 Å². The van der Waals surface area contributed by atoms with Gasteiger partial charge in [-0.3, -0.25) is 4.79 Å². The molecule has 0 aliphatic carbocycles. The lowest BCUT2D eigenvalue weighted by Crippen LogP contribution is -2.43. The average molecular weight is 464 g/mol. The summed E-state index contributed by atoms with van der Waals surface area (Å²) in [4.78, 5) is 15.0. The Morgan fingerprint density at radius 1 is 1.13 bits per heavy atom. The summed E-state index contributed by atoms with van der Waals surface area (Å²) in [6, 6.07) is 10.1. The van der Waals surface area contributed by atoms with E-state index < -0.39 is 10.0 Å². The first-order valence-corrected chi connectivity index (χ1v) is 12.3. The summed E-state index contributed by atoms with van der Waals surface area (Å²) in [6.07, 6.45) is 1.92. The van der Waals surface area contributed by atoms with E-state index in [1.165, 1.54) is 6.07 Å². The van der Waals surface area contributed by atoms with Gasteiger partial charge in [0, 0.05) is 11.6 Å². The second kappa shape index (κ2) is 9.69. The zero-order valence-electron chi connectivity index (χ0n) is 18.4. The van der Waals surface area contributed by atoms with Crippen LogP contribution in [0.1, 0.15) is 41.3 Å². The smallest absolute Gasteiger partial charge is 0.255 e. The molecule has 2 N–H and O–H groups in total. The number of carbonyl (C=O) groups excluding carboxylic acids is 1. The van der Waals surface area contributed by atoms with Crippen LogP contribution < -0.4 is 10.0 Å². The molecule has 1 atom stereocenters. The lowest BCUT2D eigenvalue weighted by Gasteiger charge is -2.33. The van der Waals surface area contributed by atoms with Crippen LogP contribution in [-0.2, 0) is 10.0 Å². The summed E-state index contributed by atoms with van der Waals surface area (Å²) in [7, 11) is -1.66. The minimum Gasteiger partial charge on any atom is -0.321 e. The summed E-state index contributed by atoms with van der Waals surface area (Å²) < 4.78 is 28.9. The first-order valence-electron chi connectivity index (χ1n) is 10.5. The normalized spacial score (nSPS) is 16.8. The minimum atomic E-state index is -3.74. The van der Waals surface area contributed by atoms with Gasteiger partial charge < -0.3 is 10.2 Å². The number of anilines is 1. The zero-order valence-corrected chi connectivity index (χ0v) is 20.0. The van der Waals surface area contributed by atoms with Gasteiger partial charge in [0.25, 0.3) is 5.91 Å². The van der Waals surface area contributed by atoms with Crippen LogP contribution in [0.15, 0.2) is 41.3 Å². The Bertz CT molecular complexity index is 1060. The maximum atomic E-state index is 13.1. The lowest BCUT2D eigenvalue weighted by atomic mass is 9.91. The maximum absolute atomic E-state index is 13.1. The van der Waals surface area contributed by atoms with E-state index in [4.69, 9.17) is 11.6 Å². The molecule has 0 spiro atoms. The van der Waals surface area contributed by atoms with Gasteiger partial charge in [-0.15, -0.1) is 0 Å². The highest BCUT2D eigenvalue weighted by Gasteiger charge is 2.28. The first-order chi connectivity index (χ1) is 14.6. The average Bonchev–Trinajstić information content (AvgIpc) is 2.71. The Kier molecular flexibility index (Phi) is 7.42. The quantitative estimate of drug-likeness (QED) is 0.672. The fourth-order valence-electron chi connectivity index (χ4n) is 4.01. The van der Waals surface area contributed by atoms with Crippen LogP contribution in [0.25, 0.3) is 0 Å². The molecule has 2 aromatic rings. The van der Waals surface area contributed by atoms with Crippen molar-refractivity contribution in [1.82, 2.24) is 9.62 Å². The topological polar surface area (TPSA) is 78.5 Å². The van der Waals surface area contributed by atoms with E-state index in [-0.39, 0.29) is 21.9 Å². The molecule has 1 amide bonds. The Labute approximate surface area is 190 Å². The summed E-state index contributed by atoms with van der Waals surface area (Å²) in [6.45, 7) is 7.37. The van der Waals surface area contributed by atoms with Gasteiger partial charge in [0.15, 0.2) is 0 Å². The number of sulfonamides is 1. The molecule has 6 nitrogen and oxygen atoms in total. The zero-order chi connectivity index (χ0) is 22.8. The van der Waals surface area contributed by atoms with Crippen molar-refractivity contribution in [1.29, 1.82) is 0 Å². The van der Waals surface area contributed by atoms with Gasteiger partial charge in [-0.2, -0.15) is 0 Å². The molecule has 3 rings (SSSR count). The van der Waals surface area contributed by atoms with Crippen molar-refractivity contribution >= 4 is 33.2 Å². The molecular weight excluding hydrogens is 434 g/mol. The molecule has 0 unspecified atom stereocenters. The molecule has 31 heavy (non-hydrogen) atoms. The van der Waals surface area contributed by atoms with Crippen LogP contribution in [-0.4, -0.2) is 45.4 Å². The lowest BCUT2D eigenvalue weighted by molar-refractivity contribution is 0.102. The molecule has 0 bridgehead atoms. The van der Waals surface area contributed by atoms with Gasteiger partial charge in [0.05, 0.1) is 15.6 Å². The van der Waals surface area contributed by atoms with E-state index in [0.29, 0.717) is 22.7 Å². The van der Waals surface area contributed by atoms with Crippen molar-refractivity contribution in [2.45, 2.75) is 44.6 Å². The van der Waals surface area contributed by atoms with Gasteiger partial charge in [-0.25, -0.2) is 13.1 Å². The standard InChI is InChI=1S/C23H30ClN3O3S/c1-15-7-5-6-8-19(15)23(28)25-20-9-10-21(16(2)22(20)24)31(29,30)26-17(3)18-11-13-27(4)14-12-18/h5-10,17-18,26H,11-14H2,1-4H3,(H,25,28)/t17-/m1/s1. The van der Waals surface area contributed by atoms with Crippen molar-refractivity contribution in [3.05, 3.63) is 58.1 Å². The maximum Gasteiger partial charge on any atom is 0.255 e. The van der Waals surface area contributed by atoms with Crippen LogP contribution in [0.3, 0.4) is 0 Å². The van der Waals surface area contributed by atoms with Crippen LogP contribution in [0.2, 0.25) is 5.02 Å². The fourth-order valence-corrected chi connectivity index (χ4v) is 5.83. The third kappa shape index (κ3) is 5.47. The van der Waals surface area contributed by atoms with Crippen molar-refractivity contribution in [2.24, 2.45) is 5.92 Å². The molecule has 8 heteroatoms. The summed E-state index contributed by atoms with van der Waals surface area (Å²) in [5.41, 5.74) is 2.18. The Hall–Kier alpha value is -1.93. The molecule has 1 saturated heterocycles. The number of aryl methyl sites for hydroxylation is 1. The van der Waals surface area contributed by atoms with Gasteiger partial charge in [-0.1, -0.05) is 29.8 Å². The molecule has 1 fully saturated rings. The number of amides is 1. The monoisotopic (exact) mass is 463 g/mol. The van der Waals surface area contributed by atoms with Crippen LogP contribution in [0.5, 0.6) is 0 Å². The number of nitrogens with one attached hydrogen (secondary N) is 2. The van der Waals surface area contributed by atoms with Gasteiger partial charge in [-0.05, 0) is 89.0 Å². The molecule has 0 radical (unpaired) electrons. The number of likely N-dealkylation sites (tertiary alicyclic amines) is 1. The number of benzene rings is 2. The molecule has 1 aliphatic rings. The predicted octanol–water partition coefficient (Wildman–Crippen LogP) is 4.22. The molecule has 1 heterocycles. The molecule has 2 aromatic carbocycles. The Balaban J connectivity index is 1.77. The highest BCUT2D eigenvalue weighted by molar-refractivity contribution is 7.89. The van der Waals surface area contributed by atoms with E-state index in [9.17, 15) is 13.2 Å². The fraction of sp³-hybridized carbons (Fsp3) is 0.435. The second-order valence-corrected chi connectivity index (χ2v) is 10.4. The SMILES string of the molecule is Cc1ccccc1C(=O)Nc1ccc(S(=O)(=O)N[C@H](C)C2CCN(C)CC2)c(C)c1Cl. The van der Waals surface area contributed by atoms with Gasteiger partial charge >= 0.3 is 0 Å². The Morgan fingerprint density at radius 2 is 1.77 bits per heavy atom. The Morgan fingerprint density at radius 3 is 2.42 bits per heavy atom. The number of rotatable bonds is 6.